The normalized spacial score (nSPS) is 22.4. The largest absolute Gasteiger partial charge is 0.439 e. The van der Waals surface area contributed by atoms with Gasteiger partial charge in [-0.15, -0.1) is 0 Å². The Labute approximate surface area is 252 Å². The summed E-state index contributed by atoms with van der Waals surface area (Å²) in [7, 11) is 0. The van der Waals surface area contributed by atoms with E-state index in [2.05, 4.69) is 5.32 Å². The molecule has 2 heterocycles. The van der Waals surface area contributed by atoms with Crippen LogP contribution in [0.5, 0.6) is 0 Å². The number of nitrogens with one attached hydrogen (secondary N) is 1. The van der Waals surface area contributed by atoms with Gasteiger partial charge in [0, 0.05) is 32.6 Å². The Morgan fingerprint density at radius 3 is 2.32 bits per heavy atom. The van der Waals surface area contributed by atoms with Crippen molar-refractivity contribution in [3.05, 3.63) is 71.0 Å². The van der Waals surface area contributed by atoms with Gasteiger partial charge in [0.2, 0.25) is 5.91 Å². The lowest BCUT2D eigenvalue weighted by Gasteiger charge is -2.34. The number of hydrogen-bond donors (Lipinski definition) is 1. The van der Waals surface area contributed by atoms with Gasteiger partial charge in [-0.05, 0) is 41.0 Å². The Morgan fingerprint density at radius 1 is 1.02 bits per heavy atom. The van der Waals surface area contributed by atoms with E-state index in [0.717, 1.165) is 17.7 Å². The van der Waals surface area contributed by atoms with Gasteiger partial charge in [-0.1, -0.05) is 49.4 Å². The van der Waals surface area contributed by atoms with Crippen LogP contribution in [0.15, 0.2) is 48.5 Å². The molecule has 3 amide bonds. The van der Waals surface area contributed by atoms with Gasteiger partial charge in [-0.2, -0.15) is 13.2 Å². The van der Waals surface area contributed by atoms with E-state index in [-0.39, 0.29) is 50.4 Å². The van der Waals surface area contributed by atoms with Gasteiger partial charge in [-0.3, -0.25) is 14.5 Å². The van der Waals surface area contributed by atoms with E-state index in [4.69, 9.17) is 4.74 Å². The molecular formula is C31H35F5N4O4. The van der Waals surface area contributed by atoms with Crippen LogP contribution < -0.4 is 5.32 Å². The van der Waals surface area contributed by atoms with Crippen LogP contribution in [-0.4, -0.2) is 96.9 Å². The lowest BCUT2D eigenvalue weighted by molar-refractivity contribution is -0.149. The number of piperazine rings is 1. The smallest absolute Gasteiger partial charge is 0.410 e. The second kappa shape index (κ2) is 12.7. The molecule has 3 atom stereocenters. The highest BCUT2D eigenvalue weighted by atomic mass is 19.4. The maximum Gasteiger partial charge on any atom is 0.410 e. The second-order valence-electron chi connectivity index (χ2n) is 12.0. The number of halogens is 5. The zero-order valence-corrected chi connectivity index (χ0v) is 24.3. The molecule has 8 nitrogen and oxygen atoms in total. The summed E-state index contributed by atoms with van der Waals surface area (Å²) in [6.45, 7) is -0.241. The van der Waals surface area contributed by atoms with Crippen LogP contribution in [-0.2, 0) is 19.7 Å². The predicted octanol–water partition coefficient (Wildman–Crippen LogP) is 4.34. The van der Waals surface area contributed by atoms with Gasteiger partial charge < -0.3 is 19.9 Å². The molecule has 0 unspecified atom stereocenters. The number of likely N-dealkylation sites (tertiary alicyclic amines) is 1. The minimum Gasteiger partial charge on any atom is -0.439 e. The number of carbonyl (C=O) groups excluding carboxylic acids is 3. The Morgan fingerprint density at radius 2 is 1.70 bits per heavy atom. The van der Waals surface area contributed by atoms with E-state index in [0.29, 0.717) is 16.7 Å². The van der Waals surface area contributed by atoms with Crippen molar-refractivity contribution in [2.45, 2.75) is 56.0 Å². The predicted molar refractivity (Wildman–Crippen MR) is 150 cm³/mol. The molecule has 238 valence electrons. The summed E-state index contributed by atoms with van der Waals surface area (Å²) in [5, 5.41) is 2.87. The fraction of sp³-hybridized carbons (Fsp3) is 0.516. The summed E-state index contributed by atoms with van der Waals surface area (Å²) in [5.41, 5.74) is 1.58. The third-order valence-electron chi connectivity index (χ3n) is 8.62. The zero-order valence-electron chi connectivity index (χ0n) is 24.3. The van der Waals surface area contributed by atoms with Crippen LogP contribution in [0.25, 0.3) is 0 Å². The molecule has 5 rings (SSSR count). The molecular weight excluding hydrogens is 587 g/mol. The molecule has 1 N–H and O–H groups in total. The Balaban J connectivity index is 1.22. The van der Waals surface area contributed by atoms with Crippen molar-refractivity contribution in [3.8, 4) is 0 Å². The van der Waals surface area contributed by atoms with Crippen LogP contribution in [0.4, 0.5) is 26.7 Å². The van der Waals surface area contributed by atoms with Gasteiger partial charge in [0.05, 0.1) is 19.1 Å². The quantitative estimate of drug-likeness (QED) is 0.444. The number of ether oxygens (including phenoxy) is 1. The fourth-order valence-electron chi connectivity index (χ4n) is 5.85. The van der Waals surface area contributed by atoms with Crippen molar-refractivity contribution in [3.63, 3.8) is 0 Å². The Bertz CT molecular complexity index is 1360. The van der Waals surface area contributed by atoms with Gasteiger partial charge in [0.1, 0.15) is 18.0 Å². The van der Waals surface area contributed by atoms with Crippen LogP contribution in [0.1, 0.15) is 48.9 Å². The van der Waals surface area contributed by atoms with Gasteiger partial charge in [0.25, 0.3) is 5.91 Å². The first-order chi connectivity index (χ1) is 20.8. The summed E-state index contributed by atoms with van der Waals surface area (Å²) in [5.74, 6) is -1.79. The van der Waals surface area contributed by atoms with Crippen molar-refractivity contribution in [2.24, 2.45) is 0 Å². The van der Waals surface area contributed by atoms with Crippen molar-refractivity contribution < 1.29 is 41.1 Å². The summed E-state index contributed by atoms with van der Waals surface area (Å²) in [4.78, 5) is 42.4. The fourth-order valence-corrected chi connectivity index (χ4v) is 5.85. The van der Waals surface area contributed by atoms with Crippen molar-refractivity contribution in [1.82, 2.24) is 20.0 Å². The van der Waals surface area contributed by atoms with Crippen molar-refractivity contribution in [2.75, 3.05) is 45.9 Å². The standard InChI is InChI=1S/C31H35F5N4O4/c1-30(9-10-30)23-8-7-21(15-24(23)33)27(20-5-3-2-4-6-20)37-28(42)25-16-22(32)17-40(25)26(41)18-44-29(43)39-13-11-38(12-14-39)19-31(34,35)36/h2-8,15,22,25,27H,9-14,16-19H2,1H3,(H,37,42)/t22-,25+,27+/m1/s1. The molecule has 0 radical (unpaired) electrons. The maximum absolute atomic E-state index is 15.2. The molecule has 1 aliphatic carbocycles. The number of carbonyl (C=O) groups is 3. The summed E-state index contributed by atoms with van der Waals surface area (Å²) in [6, 6.07) is 11.8. The molecule has 0 aromatic heterocycles. The number of nitrogens with zero attached hydrogens (tertiary/aromatic N) is 3. The molecule has 0 spiro atoms. The molecule has 2 aromatic rings. The molecule has 2 aromatic carbocycles. The molecule has 0 bridgehead atoms. The van der Waals surface area contributed by atoms with E-state index in [9.17, 15) is 31.9 Å². The number of hydrogen-bond acceptors (Lipinski definition) is 5. The van der Waals surface area contributed by atoms with Crippen molar-refractivity contribution in [1.29, 1.82) is 0 Å². The van der Waals surface area contributed by atoms with E-state index in [1.54, 1.807) is 42.5 Å². The molecule has 2 aliphatic heterocycles. The number of benzene rings is 2. The molecule has 13 heteroatoms. The van der Waals surface area contributed by atoms with Crippen LogP contribution in [0.3, 0.4) is 0 Å². The first-order valence-electron chi connectivity index (χ1n) is 14.6. The lowest BCUT2D eigenvalue weighted by Crippen LogP contribution is -2.52. The van der Waals surface area contributed by atoms with Crippen LogP contribution in [0.2, 0.25) is 0 Å². The van der Waals surface area contributed by atoms with E-state index >= 15 is 4.39 Å². The minimum atomic E-state index is -4.35. The van der Waals surface area contributed by atoms with Gasteiger partial charge in [0.15, 0.2) is 6.61 Å². The maximum atomic E-state index is 15.2. The van der Waals surface area contributed by atoms with E-state index < -0.39 is 55.5 Å². The summed E-state index contributed by atoms with van der Waals surface area (Å²) >= 11 is 0. The minimum absolute atomic E-state index is 0.00498. The average molecular weight is 623 g/mol. The third kappa shape index (κ3) is 7.48. The average Bonchev–Trinajstić information content (AvgIpc) is 3.60. The highest BCUT2D eigenvalue weighted by molar-refractivity contribution is 5.90. The van der Waals surface area contributed by atoms with Gasteiger partial charge in [-0.25, -0.2) is 13.6 Å². The first-order valence-corrected chi connectivity index (χ1v) is 14.6. The van der Waals surface area contributed by atoms with Crippen molar-refractivity contribution >= 4 is 17.9 Å². The van der Waals surface area contributed by atoms with Gasteiger partial charge >= 0.3 is 12.3 Å². The molecule has 3 fully saturated rings. The summed E-state index contributed by atoms with van der Waals surface area (Å²) in [6.07, 6.45) is -5.19. The molecule has 3 aliphatic rings. The van der Waals surface area contributed by atoms with Crippen LogP contribution in [0, 0.1) is 5.82 Å². The number of rotatable bonds is 8. The Hall–Kier alpha value is -3.74. The topological polar surface area (TPSA) is 82.2 Å². The van der Waals surface area contributed by atoms with Crippen LogP contribution >= 0.6 is 0 Å². The summed E-state index contributed by atoms with van der Waals surface area (Å²) < 4.78 is 72.7. The highest BCUT2D eigenvalue weighted by Crippen LogP contribution is 2.48. The number of amides is 3. The zero-order chi connectivity index (χ0) is 31.6. The van der Waals surface area contributed by atoms with E-state index in [1.165, 1.54) is 15.9 Å². The highest BCUT2D eigenvalue weighted by Gasteiger charge is 2.43. The third-order valence-corrected chi connectivity index (χ3v) is 8.62. The number of alkyl halides is 4. The lowest BCUT2D eigenvalue weighted by atomic mass is 9.92. The monoisotopic (exact) mass is 622 g/mol. The molecule has 2 saturated heterocycles. The molecule has 1 saturated carbocycles. The second-order valence-corrected chi connectivity index (χ2v) is 12.0. The SMILES string of the molecule is CC1(c2ccc([C@@H](NC(=O)[C@@H]3C[C@@H](F)CN3C(=O)COC(=O)N3CCN(CC(F)(F)F)CC3)c3ccccc3)cc2F)CC1. The van der Waals surface area contributed by atoms with E-state index in [1.807, 2.05) is 6.92 Å². The Kier molecular flexibility index (Phi) is 9.15. The molecule has 44 heavy (non-hydrogen) atoms. The first kappa shape index (κ1) is 31.7.